The van der Waals surface area contributed by atoms with Crippen LogP contribution in [0.1, 0.15) is 12.8 Å². The summed E-state index contributed by atoms with van der Waals surface area (Å²) in [5, 5.41) is 21.2. The first kappa shape index (κ1) is 29.0. The van der Waals surface area contributed by atoms with Crippen molar-refractivity contribution in [3.05, 3.63) is 48.7 Å². The lowest BCUT2D eigenvalue weighted by Crippen LogP contribution is -2.53. The Kier molecular flexibility index (Phi) is 8.02. The molecule has 2 aliphatic heterocycles. The van der Waals surface area contributed by atoms with Crippen LogP contribution in [-0.2, 0) is 10.0 Å². The van der Waals surface area contributed by atoms with Gasteiger partial charge in [0, 0.05) is 55.3 Å². The van der Waals surface area contributed by atoms with Crippen molar-refractivity contribution in [3.63, 3.8) is 0 Å². The minimum absolute atomic E-state index is 0.0933. The van der Waals surface area contributed by atoms with Gasteiger partial charge in [-0.2, -0.15) is 20.1 Å². The van der Waals surface area contributed by atoms with Crippen LogP contribution in [0.2, 0.25) is 0 Å². The lowest BCUT2D eigenvalue weighted by Gasteiger charge is -2.37. The molecule has 10 N–H and O–H groups in total. The fourth-order valence-corrected chi connectivity index (χ4v) is 6.58. The van der Waals surface area contributed by atoms with Crippen molar-refractivity contribution >= 4 is 50.1 Å². The summed E-state index contributed by atoms with van der Waals surface area (Å²) in [6.45, 7) is 2.51. The second-order valence-corrected chi connectivity index (χ2v) is 12.8. The standard InChI is InChI=1S/C27H36N12O3S/c28-11-17-13-38(8-7-24(17)40)26-33-25(34-27(35-26)39-14-18(29)9-19(30)15-39)32-20-3-5-22(6-4-20)43(41,42)37-21-2-1-16-12-31-36-23(16)10-21/h1-6,10,12,17-19,24,37,40H,7-9,11,13-15,28-30H2,(H,31,36)(H,32,33,34,35)/t17-,18?,19?,24+/m1/s1. The molecular weight excluding hydrogens is 572 g/mol. The zero-order valence-corrected chi connectivity index (χ0v) is 24.3. The first-order valence-electron chi connectivity index (χ1n) is 14.1. The van der Waals surface area contributed by atoms with Crippen LogP contribution in [0, 0.1) is 5.92 Å². The van der Waals surface area contributed by atoms with Gasteiger partial charge in [0.1, 0.15) is 0 Å². The predicted octanol–water partition coefficient (Wildman–Crippen LogP) is 0.303. The number of aliphatic hydroxyl groups is 1. The first-order chi connectivity index (χ1) is 20.7. The Hall–Kier alpha value is -4.09. The molecule has 43 heavy (non-hydrogen) atoms. The van der Waals surface area contributed by atoms with Crippen LogP contribution < -0.4 is 37.0 Å². The number of aromatic nitrogens is 5. The van der Waals surface area contributed by atoms with Crippen molar-refractivity contribution in [1.29, 1.82) is 0 Å². The zero-order chi connectivity index (χ0) is 30.1. The van der Waals surface area contributed by atoms with Crippen molar-refractivity contribution in [2.45, 2.75) is 35.9 Å². The smallest absolute Gasteiger partial charge is 0.261 e. The molecule has 2 fully saturated rings. The maximum Gasteiger partial charge on any atom is 0.261 e. The fourth-order valence-electron chi connectivity index (χ4n) is 5.53. The number of benzene rings is 2. The molecule has 2 aromatic heterocycles. The molecule has 15 nitrogen and oxygen atoms in total. The minimum Gasteiger partial charge on any atom is -0.393 e. The number of aromatic amines is 1. The third-order valence-electron chi connectivity index (χ3n) is 7.80. The molecule has 4 atom stereocenters. The molecule has 2 unspecified atom stereocenters. The van der Waals surface area contributed by atoms with E-state index in [1.165, 1.54) is 12.1 Å². The van der Waals surface area contributed by atoms with E-state index in [-0.39, 0.29) is 28.8 Å². The Labute approximate surface area is 248 Å². The molecule has 0 bridgehead atoms. The van der Waals surface area contributed by atoms with E-state index in [9.17, 15) is 13.5 Å². The van der Waals surface area contributed by atoms with Gasteiger partial charge >= 0.3 is 0 Å². The lowest BCUT2D eigenvalue weighted by molar-refractivity contribution is 0.0917. The Morgan fingerprint density at radius 3 is 2.37 bits per heavy atom. The molecule has 4 aromatic rings. The SMILES string of the molecule is NC[C@@H]1CN(c2nc(Nc3ccc(S(=O)(=O)Nc4ccc5cn[nH]c5c4)cc3)nc(N3CC(N)CC(N)C3)n2)CC[C@@H]1O. The lowest BCUT2D eigenvalue weighted by atomic mass is 9.95. The number of nitrogens with two attached hydrogens (primary N) is 3. The Balaban J connectivity index is 1.24. The van der Waals surface area contributed by atoms with E-state index in [1.807, 2.05) is 9.80 Å². The molecule has 0 spiro atoms. The van der Waals surface area contributed by atoms with Gasteiger partial charge in [0.15, 0.2) is 0 Å². The van der Waals surface area contributed by atoms with E-state index >= 15 is 0 Å². The van der Waals surface area contributed by atoms with Gasteiger partial charge in [0.2, 0.25) is 17.8 Å². The summed E-state index contributed by atoms with van der Waals surface area (Å²) in [6.07, 6.45) is 2.45. The molecule has 4 heterocycles. The molecule has 0 amide bonds. The highest BCUT2D eigenvalue weighted by atomic mass is 32.2. The number of hydrogen-bond acceptors (Lipinski definition) is 13. The van der Waals surface area contributed by atoms with Gasteiger partial charge in [-0.05, 0) is 61.9 Å². The number of sulfonamides is 1. The van der Waals surface area contributed by atoms with Gasteiger partial charge in [-0.25, -0.2) is 8.42 Å². The molecule has 2 aliphatic rings. The van der Waals surface area contributed by atoms with Crippen LogP contribution >= 0.6 is 0 Å². The number of piperidine rings is 2. The molecule has 6 rings (SSSR count). The van der Waals surface area contributed by atoms with Crippen LogP contribution in [0.25, 0.3) is 10.9 Å². The number of anilines is 5. The van der Waals surface area contributed by atoms with E-state index in [0.29, 0.717) is 68.8 Å². The highest BCUT2D eigenvalue weighted by Crippen LogP contribution is 2.27. The molecule has 0 aliphatic carbocycles. The van der Waals surface area contributed by atoms with Crippen molar-refractivity contribution in [2.24, 2.45) is 23.1 Å². The van der Waals surface area contributed by atoms with Gasteiger partial charge in [-0.1, -0.05) is 0 Å². The molecule has 0 radical (unpaired) electrons. The van der Waals surface area contributed by atoms with Gasteiger partial charge in [-0.3, -0.25) is 9.82 Å². The van der Waals surface area contributed by atoms with E-state index in [1.54, 1.807) is 36.5 Å². The monoisotopic (exact) mass is 608 g/mol. The van der Waals surface area contributed by atoms with E-state index in [4.69, 9.17) is 22.2 Å². The largest absolute Gasteiger partial charge is 0.393 e. The molecule has 0 saturated carbocycles. The average molecular weight is 609 g/mol. The van der Waals surface area contributed by atoms with Gasteiger partial charge < -0.3 is 37.4 Å². The Morgan fingerprint density at radius 1 is 0.953 bits per heavy atom. The topological polar surface area (TPSA) is 230 Å². The van der Waals surface area contributed by atoms with E-state index in [0.717, 1.165) is 10.9 Å². The summed E-state index contributed by atoms with van der Waals surface area (Å²) in [6, 6.07) is 11.2. The number of H-pyrrole nitrogens is 1. The van der Waals surface area contributed by atoms with Crippen LogP contribution in [-0.4, -0.2) is 89.6 Å². The van der Waals surface area contributed by atoms with Gasteiger partial charge in [0.25, 0.3) is 10.0 Å². The van der Waals surface area contributed by atoms with Crippen LogP contribution in [0.3, 0.4) is 0 Å². The first-order valence-corrected chi connectivity index (χ1v) is 15.6. The maximum absolute atomic E-state index is 13.1. The average Bonchev–Trinajstić information content (AvgIpc) is 3.45. The van der Waals surface area contributed by atoms with Crippen molar-refractivity contribution in [2.75, 3.05) is 52.6 Å². The van der Waals surface area contributed by atoms with Crippen molar-refractivity contribution in [1.82, 2.24) is 25.1 Å². The third-order valence-corrected chi connectivity index (χ3v) is 9.20. The second kappa shape index (κ2) is 11.9. The van der Waals surface area contributed by atoms with Crippen LogP contribution in [0.4, 0.5) is 29.2 Å². The summed E-state index contributed by atoms with van der Waals surface area (Å²) in [4.78, 5) is 18.1. The summed E-state index contributed by atoms with van der Waals surface area (Å²) < 4.78 is 28.7. The molecule has 2 saturated heterocycles. The highest BCUT2D eigenvalue weighted by molar-refractivity contribution is 7.92. The van der Waals surface area contributed by atoms with Crippen molar-refractivity contribution < 1.29 is 13.5 Å². The Morgan fingerprint density at radius 2 is 1.65 bits per heavy atom. The van der Waals surface area contributed by atoms with Gasteiger partial charge in [-0.15, -0.1) is 0 Å². The van der Waals surface area contributed by atoms with Crippen LogP contribution in [0.5, 0.6) is 0 Å². The maximum atomic E-state index is 13.1. The number of nitrogens with zero attached hydrogens (tertiary/aromatic N) is 6. The highest BCUT2D eigenvalue weighted by Gasteiger charge is 2.30. The number of nitrogens with one attached hydrogen (secondary N) is 3. The van der Waals surface area contributed by atoms with Gasteiger partial charge in [0.05, 0.1) is 28.4 Å². The molecular formula is C27H36N12O3S. The quantitative estimate of drug-likeness (QED) is 0.143. The molecule has 16 heteroatoms. The molecule has 2 aromatic carbocycles. The summed E-state index contributed by atoms with van der Waals surface area (Å²) in [7, 11) is -3.84. The fraction of sp³-hybridized carbons (Fsp3) is 0.407. The summed E-state index contributed by atoms with van der Waals surface area (Å²) in [5.74, 6) is 1.06. The third kappa shape index (κ3) is 6.47. The number of aliphatic hydroxyl groups excluding tert-OH is 1. The number of rotatable bonds is 8. The minimum atomic E-state index is -3.84. The Bertz CT molecular complexity index is 1670. The second-order valence-electron chi connectivity index (χ2n) is 11.1. The zero-order valence-electron chi connectivity index (χ0n) is 23.5. The number of hydrogen-bond donors (Lipinski definition) is 7. The number of fused-ring (bicyclic) bond motifs is 1. The predicted molar refractivity (Wildman–Crippen MR) is 165 cm³/mol. The normalized spacial score (nSPS) is 23.0. The summed E-state index contributed by atoms with van der Waals surface area (Å²) in [5.41, 5.74) is 20.1. The summed E-state index contributed by atoms with van der Waals surface area (Å²) >= 11 is 0. The van der Waals surface area contributed by atoms with E-state index < -0.39 is 16.1 Å². The molecule has 228 valence electrons. The van der Waals surface area contributed by atoms with Crippen LogP contribution in [0.15, 0.2) is 53.6 Å². The van der Waals surface area contributed by atoms with Crippen molar-refractivity contribution in [3.8, 4) is 0 Å². The van der Waals surface area contributed by atoms with E-state index in [2.05, 4.69) is 30.2 Å².